The first-order valence-corrected chi connectivity index (χ1v) is 6.41. The van der Waals surface area contributed by atoms with Crippen molar-refractivity contribution in [3.8, 4) is 0 Å². The van der Waals surface area contributed by atoms with E-state index in [0.29, 0.717) is 19.6 Å². The second-order valence-electron chi connectivity index (χ2n) is 4.95. The highest BCUT2D eigenvalue weighted by Crippen LogP contribution is 2.06. The van der Waals surface area contributed by atoms with Gasteiger partial charge >= 0.3 is 6.09 Å². The summed E-state index contributed by atoms with van der Waals surface area (Å²) in [5.74, 6) is 0.720. The molecule has 0 bridgehead atoms. The topological polar surface area (TPSA) is 74.8 Å². The third-order valence-corrected chi connectivity index (χ3v) is 1.95. The zero-order valence-corrected chi connectivity index (χ0v) is 15.1. The Bertz CT molecular complexity index is 314. The highest BCUT2D eigenvalue weighted by atomic mass is 127. The number of hydrogen-bond donors (Lipinski definition) is 3. The van der Waals surface area contributed by atoms with E-state index >= 15 is 0 Å². The van der Waals surface area contributed by atoms with Crippen LogP contribution in [0.25, 0.3) is 0 Å². The van der Waals surface area contributed by atoms with Crippen molar-refractivity contribution in [3.63, 3.8) is 0 Å². The number of guanidine groups is 1. The number of aliphatic imine (C=N–C) groups is 1. The molecule has 7 heteroatoms. The number of nitrogens with zero attached hydrogens (tertiary/aromatic N) is 1. The second-order valence-corrected chi connectivity index (χ2v) is 4.95. The Morgan fingerprint density at radius 2 is 1.85 bits per heavy atom. The fourth-order valence-electron chi connectivity index (χ4n) is 1.19. The largest absolute Gasteiger partial charge is 0.444 e. The van der Waals surface area contributed by atoms with Gasteiger partial charge in [-0.15, -0.1) is 30.6 Å². The van der Waals surface area contributed by atoms with Crippen LogP contribution in [0.3, 0.4) is 0 Å². The van der Waals surface area contributed by atoms with Crippen molar-refractivity contribution in [2.24, 2.45) is 4.99 Å². The molecule has 20 heavy (non-hydrogen) atoms. The minimum absolute atomic E-state index is 0. The highest BCUT2D eigenvalue weighted by Gasteiger charge is 2.15. The number of alkyl carbamates (subject to hydrolysis) is 1. The molecule has 0 aliphatic rings. The van der Waals surface area contributed by atoms with Crippen LogP contribution < -0.4 is 16.0 Å². The SMILES string of the molecule is C=CCNC(=NC)NCCCNC(=O)OC(C)(C)C.I. The van der Waals surface area contributed by atoms with Gasteiger partial charge in [-0.2, -0.15) is 0 Å². The molecule has 6 nitrogen and oxygen atoms in total. The van der Waals surface area contributed by atoms with Gasteiger partial charge in [0.15, 0.2) is 5.96 Å². The average molecular weight is 398 g/mol. The first-order chi connectivity index (χ1) is 8.89. The molecule has 0 aliphatic carbocycles. The zero-order chi connectivity index (χ0) is 14.7. The first kappa shape index (κ1) is 21.3. The number of hydrogen-bond acceptors (Lipinski definition) is 3. The van der Waals surface area contributed by atoms with Gasteiger partial charge in [0, 0.05) is 26.7 Å². The minimum atomic E-state index is -0.459. The molecule has 118 valence electrons. The summed E-state index contributed by atoms with van der Waals surface area (Å²) < 4.78 is 5.12. The maximum atomic E-state index is 11.4. The van der Waals surface area contributed by atoms with Gasteiger partial charge in [-0.3, -0.25) is 4.99 Å². The standard InChI is InChI=1S/C13H26N4O2.HI/c1-6-8-15-11(14-5)16-9-7-10-17-12(18)19-13(2,3)4;/h6H,1,7-10H2,2-5H3,(H,17,18)(H2,14,15,16);1H. The van der Waals surface area contributed by atoms with E-state index in [0.717, 1.165) is 12.4 Å². The maximum Gasteiger partial charge on any atom is 0.407 e. The van der Waals surface area contributed by atoms with E-state index in [1.165, 1.54) is 0 Å². The number of nitrogens with one attached hydrogen (secondary N) is 3. The summed E-state index contributed by atoms with van der Waals surface area (Å²) in [5.41, 5.74) is -0.459. The molecule has 0 heterocycles. The summed E-state index contributed by atoms with van der Waals surface area (Å²) in [6.07, 6.45) is 2.16. The molecule has 0 aromatic rings. The van der Waals surface area contributed by atoms with E-state index in [1.54, 1.807) is 13.1 Å². The Balaban J connectivity index is 0. The molecule has 0 spiro atoms. The summed E-state index contributed by atoms with van der Waals surface area (Å²) >= 11 is 0. The smallest absolute Gasteiger partial charge is 0.407 e. The van der Waals surface area contributed by atoms with Crippen LogP contribution >= 0.6 is 24.0 Å². The van der Waals surface area contributed by atoms with Gasteiger partial charge in [0.25, 0.3) is 0 Å². The van der Waals surface area contributed by atoms with Crippen LogP contribution in [-0.4, -0.2) is 44.3 Å². The third-order valence-electron chi connectivity index (χ3n) is 1.95. The lowest BCUT2D eigenvalue weighted by Gasteiger charge is -2.19. The third kappa shape index (κ3) is 13.4. The first-order valence-electron chi connectivity index (χ1n) is 6.41. The molecule has 0 aromatic heterocycles. The van der Waals surface area contributed by atoms with Crippen molar-refractivity contribution in [1.29, 1.82) is 0 Å². The lowest BCUT2D eigenvalue weighted by Crippen LogP contribution is -2.39. The van der Waals surface area contributed by atoms with Crippen LogP contribution in [0.2, 0.25) is 0 Å². The molecule has 0 saturated heterocycles. The molecule has 0 aliphatic heterocycles. The Hall–Kier alpha value is -0.990. The summed E-state index contributed by atoms with van der Waals surface area (Å²) in [6, 6.07) is 0. The Kier molecular flexibility index (Phi) is 12.6. The van der Waals surface area contributed by atoms with Gasteiger partial charge < -0.3 is 20.7 Å². The van der Waals surface area contributed by atoms with E-state index in [9.17, 15) is 4.79 Å². The minimum Gasteiger partial charge on any atom is -0.444 e. The van der Waals surface area contributed by atoms with Crippen molar-refractivity contribution in [3.05, 3.63) is 12.7 Å². The number of ether oxygens (including phenoxy) is 1. The molecular formula is C13H27IN4O2. The van der Waals surface area contributed by atoms with E-state index in [-0.39, 0.29) is 30.1 Å². The summed E-state index contributed by atoms with van der Waals surface area (Å²) in [6.45, 7) is 11.1. The summed E-state index contributed by atoms with van der Waals surface area (Å²) in [4.78, 5) is 15.4. The van der Waals surface area contributed by atoms with Crippen LogP contribution in [0.15, 0.2) is 17.6 Å². The zero-order valence-electron chi connectivity index (χ0n) is 12.8. The van der Waals surface area contributed by atoms with E-state index in [1.807, 2.05) is 20.8 Å². The van der Waals surface area contributed by atoms with Crippen LogP contribution in [0, 0.1) is 0 Å². The van der Waals surface area contributed by atoms with Crippen LogP contribution in [-0.2, 0) is 4.74 Å². The second kappa shape index (κ2) is 11.8. The van der Waals surface area contributed by atoms with Crippen molar-refractivity contribution < 1.29 is 9.53 Å². The number of halogens is 1. The molecule has 0 unspecified atom stereocenters. The Morgan fingerprint density at radius 1 is 1.25 bits per heavy atom. The molecule has 0 radical (unpaired) electrons. The van der Waals surface area contributed by atoms with Crippen LogP contribution in [0.5, 0.6) is 0 Å². The number of carbonyl (C=O) groups is 1. The van der Waals surface area contributed by atoms with Gasteiger partial charge in [-0.25, -0.2) is 4.79 Å². The maximum absolute atomic E-state index is 11.4. The van der Waals surface area contributed by atoms with Gasteiger partial charge in [0.05, 0.1) is 0 Å². The number of carbonyl (C=O) groups excluding carboxylic acids is 1. The number of amides is 1. The highest BCUT2D eigenvalue weighted by molar-refractivity contribution is 14.0. The Labute approximate surface area is 138 Å². The lowest BCUT2D eigenvalue weighted by atomic mass is 10.2. The molecule has 1 amide bonds. The van der Waals surface area contributed by atoms with E-state index < -0.39 is 5.60 Å². The lowest BCUT2D eigenvalue weighted by molar-refractivity contribution is 0.0527. The average Bonchev–Trinajstić information content (AvgIpc) is 2.30. The summed E-state index contributed by atoms with van der Waals surface area (Å²) in [5, 5.41) is 8.88. The van der Waals surface area contributed by atoms with Crippen molar-refractivity contribution in [2.75, 3.05) is 26.7 Å². The number of rotatable bonds is 6. The van der Waals surface area contributed by atoms with Gasteiger partial charge in [0.1, 0.15) is 5.60 Å². The quantitative estimate of drug-likeness (QED) is 0.210. The molecule has 0 saturated carbocycles. The predicted octanol–water partition coefficient (Wildman–Crippen LogP) is 1.87. The molecule has 0 aromatic carbocycles. The van der Waals surface area contributed by atoms with Crippen LogP contribution in [0.4, 0.5) is 4.79 Å². The van der Waals surface area contributed by atoms with E-state index in [2.05, 4.69) is 27.5 Å². The Morgan fingerprint density at radius 3 is 2.35 bits per heavy atom. The van der Waals surface area contributed by atoms with Crippen molar-refractivity contribution >= 4 is 36.0 Å². The predicted molar refractivity (Wildman–Crippen MR) is 93.8 cm³/mol. The van der Waals surface area contributed by atoms with Crippen molar-refractivity contribution in [2.45, 2.75) is 32.8 Å². The monoisotopic (exact) mass is 398 g/mol. The van der Waals surface area contributed by atoms with E-state index in [4.69, 9.17) is 4.74 Å². The molecule has 0 atom stereocenters. The fourth-order valence-corrected chi connectivity index (χ4v) is 1.19. The van der Waals surface area contributed by atoms with Crippen molar-refractivity contribution in [1.82, 2.24) is 16.0 Å². The van der Waals surface area contributed by atoms with Gasteiger partial charge in [-0.05, 0) is 27.2 Å². The molecule has 0 rings (SSSR count). The molecular weight excluding hydrogens is 371 g/mol. The molecule has 3 N–H and O–H groups in total. The van der Waals surface area contributed by atoms with Gasteiger partial charge in [0.2, 0.25) is 0 Å². The summed E-state index contributed by atoms with van der Waals surface area (Å²) in [7, 11) is 1.71. The normalized spacial score (nSPS) is 11.1. The van der Waals surface area contributed by atoms with Gasteiger partial charge in [-0.1, -0.05) is 6.08 Å². The fraction of sp³-hybridized carbons (Fsp3) is 0.692. The van der Waals surface area contributed by atoms with Crippen LogP contribution in [0.1, 0.15) is 27.2 Å². The molecule has 0 fully saturated rings.